The van der Waals surface area contributed by atoms with Crippen molar-refractivity contribution >= 4 is 34.4 Å². The van der Waals surface area contributed by atoms with E-state index in [9.17, 15) is 18.4 Å². The first-order valence-electron chi connectivity index (χ1n) is 12.2. The fourth-order valence-electron chi connectivity index (χ4n) is 5.53. The summed E-state index contributed by atoms with van der Waals surface area (Å²) in [5.41, 5.74) is 3.34. The van der Waals surface area contributed by atoms with Crippen LogP contribution in [0.25, 0.3) is 10.9 Å². The Morgan fingerprint density at radius 2 is 1.81 bits per heavy atom. The van der Waals surface area contributed by atoms with E-state index in [1.807, 2.05) is 33.7 Å². The van der Waals surface area contributed by atoms with Crippen molar-refractivity contribution in [2.75, 3.05) is 26.2 Å². The Morgan fingerprint density at radius 3 is 2.56 bits per heavy atom. The SMILES string of the molecule is O=C(O)CC1CCN(CC(=O)N2CCc3c(n(Cc4ccc(F)c(Cl)c4F)c4ccccc34)C2)CC1. The van der Waals surface area contributed by atoms with Crippen molar-refractivity contribution in [2.24, 2.45) is 5.92 Å². The second-order valence-corrected chi connectivity index (χ2v) is 10.1. The number of aliphatic carboxylic acids is 1. The number of rotatable bonds is 6. The molecule has 0 spiro atoms. The number of likely N-dealkylation sites (tertiary alicyclic amines) is 1. The minimum Gasteiger partial charge on any atom is -0.481 e. The topological polar surface area (TPSA) is 65.8 Å². The molecule has 0 unspecified atom stereocenters. The number of para-hydroxylation sites is 1. The van der Waals surface area contributed by atoms with Gasteiger partial charge in [0.05, 0.1) is 19.6 Å². The maximum Gasteiger partial charge on any atom is 0.303 e. The van der Waals surface area contributed by atoms with Gasteiger partial charge in [-0.3, -0.25) is 14.5 Å². The molecular formula is C27H28ClF2N3O3. The highest BCUT2D eigenvalue weighted by Gasteiger charge is 2.29. The number of carbonyl (C=O) groups is 2. The lowest BCUT2D eigenvalue weighted by Gasteiger charge is -2.34. The molecule has 0 saturated carbocycles. The highest BCUT2D eigenvalue weighted by molar-refractivity contribution is 6.30. The number of hydrogen-bond acceptors (Lipinski definition) is 3. The molecule has 3 heterocycles. The summed E-state index contributed by atoms with van der Waals surface area (Å²) < 4.78 is 30.5. The maximum atomic E-state index is 14.8. The normalized spacial score (nSPS) is 16.9. The minimum atomic E-state index is -0.791. The van der Waals surface area contributed by atoms with Gasteiger partial charge in [0.25, 0.3) is 0 Å². The van der Waals surface area contributed by atoms with Crippen molar-refractivity contribution < 1.29 is 23.5 Å². The van der Waals surface area contributed by atoms with Crippen molar-refractivity contribution in [3.05, 3.63) is 69.9 Å². The van der Waals surface area contributed by atoms with E-state index >= 15 is 0 Å². The molecule has 5 rings (SSSR count). The second-order valence-electron chi connectivity index (χ2n) is 9.75. The molecule has 36 heavy (non-hydrogen) atoms. The number of amides is 1. The highest BCUT2D eigenvalue weighted by atomic mass is 35.5. The third-order valence-electron chi connectivity index (χ3n) is 7.49. The van der Waals surface area contributed by atoms with Gasteiger partial charge in [-0.15, -0.1) is 0 Å². The quantitative estimate of drug-likeness (QED) is 0.484. The lowest BCUT2D eigenvalue weighted by Crippen LogP contribution is -2.45. The number of hydrogen-bond donors (Lipinski definition) is 1. The molecule has 2 aromatic carbocycles. The van der Waals surface area contributed by atoms with Gasteiger partial charge in [0.15, 0.2) is 0 Å². The van der Waals surface area contributed by atoms with Crippen LogP contribution in [-0.2, 0) is 29.1 Å². The number of carboxylic acids is 1. The van der Waals surface area contributed by atoms with Crippen molar-refractivity contribution in [1.29, 1.82) is 0 Å². The van der Waals surface area contributed by atoms with Gasteiger partial charge in [0.2, 0.25) is 5.91 Å². The van der Waals surface area contributed by atoms with E-state index in [0.717, 1.165) is 35.0 Å². The van der Waals surface area contributed by atoms with Crippen LogP contribution in [0.4, 0.5) is 8.78 Å². The van der Waals surface area contributed by atoms with Gasteiger partial charge in [0.1, 0.15) is 16.7 Å². The summed E-state index contributed by atoms with van der Waals surface area (Å²) in [5.74, 6) is -2.13. The van der Waals surface area contributed by atoms with Crippen molar-refractivity contribution in [1.82, 2.24) is 14.4 Å². The Morgan fingerprint density at radius 1 is 1.06 bits per heavy atom. The van der Waals surface area contributed by atoms with Crippen LogP contribution in [0.2, 0.25) is 5.02 Å². The Bertz CT molecular complexity index is 1320. The van der Waals surface area contributed by atoms with Crippen LogP contribution in [0.5, 0.6) is 0 Å². The van der Waals surface area contributed by atoms with Crippen LogP contribution in [-0.4, -0.2) is 57.5 Å². The van der Waals surface area contributed by atoms with Gasteiger partial charge in [-0.2, -0.15) is 0 Å². The fraction of sp³-hybridized carbons (Fsp3) is 0.407. The molecule has 0 atom stereocenters. The van der Waals surface area contributed by atoms with Crippen LogP contribution in [0.1, 0.15) is 36.1 Å². The predicted octanol–water partition coefficient (Wildman–Crippen LogP) is 4.69. The molecule has 1 N–H and O–H groups in total. The molecule has 1 saturated heterocycles. The number of carboxylic acid groups (broad SMARTS) is 1. The molecule has 0 radical (unpaired) electrons. The fourth-order valence-corrected chi connectivity index (χ4v) is 5.72. The van der Waals surface area contributed by atoms with Crippen molar-refractivity contribution in [3.63, 3.8) is 0 Å². The zero-order valence-corrected chi connectivity index (χ0v) is 20.6. The van der Waals surface area contributed by atoms with Crippen LogP contribution < -0.4 is 0 Å². The first-order chi connectivity index (χ1) is 17.3. The third kappa shape index (κ3) is 4.84. The Balaban J connectivity index is 1.35. The predicted molar refractivity (Wildman–Crippen MR) is 133 cm³/mol. The summed E-state index contributed by atoms with van der Waals surface area (Å²) in [5, 5.41) is 9.58. The van der Waals surface area contributed by atoms with E-state index in [1.165, 1.54) is 12.1 Å². The van der Waals surface area contributed by atoms with Gasteiger partial charge >= 0.3 is 5.97 Å². The molecule has 1 fully saturated rings. The molecule has 9 heteroatoms. The van der Waals surface area contributed by atoms with Crippen LogP contribution in [0, 0.1) is 17.6 Å². The van der Waals surface area contributed by atoms with Gasteiger partial charge in [0, 0.05) is 35.1 Å². The number of nitrogens with zero attached hydrogens (tertiary/aromatic N) is 3. The van der Waals surface area contributed by atoms with Gasteiger partial charge < -0.3 is 14.6 Å². The molecule has 190 valence electrons. The molecule has 0 bridgehead atoms. The summed E-state index contributed by atoms with van der Waals surface area (Å²) in [4.78, 5) is 28.1. The van der Waals surface area contributed by atoms with E-state index in [4.69, 9.17) is 16.7 Å². The smallest absolute Gasteiger partial charge is 0.303 e. The number of halogens is 3. The first-order valence-corrected chi connectivity index (χ1v) is 12.6. The number of aromatic nitrogens is 1. The highest BCUT2D eigenvalue weighted by Crippen LogP contribution is 2.33. The Hall–Kier alpha value is -2.97. The van der Waals surface area contributed by atoms with E-state index in [0.29, 0.717) is 39.1 Å². The molecule has 6 nitrogen and oxygen atoms in total. The lowest BCUT2D eigenvalue weighted by molar-refractivity contribution is -0.139. The molecule has 1 aromatic heterocycles. The summed E-state index contributed by atoms with van der Waals surface area (Å²) >= 11 is 5.83. The van der Waals surface area contributed by atoms with Crippen molar-refractivity contribution in [2.45, 2.75) is 38.8 Å². The summed E-state index contributed by atoms with van der Waals surface area (Å²) in [6.45, 7) is 2.93. The molecule has 3 aromatic rings. The zero-order valence-electron chi connectivity index (χ0n) is 19.9. The minimum absolute atomic E-state index is 0.0325. The maximum absolute atomic E-state index is 14.8. The molecular weight excluding hydrogens is 488 g/mol. The number of benzene rings is 2. The summed E-state index contributed by atoms with van der Waals surface area (Å²) in [7, 11) is 0. The number of carbonyl (C=O) groups excluding carboxylic acids is 1. The standard InChI is InChI=1S/C27H28ClF2N3O3/c28-26-21(29)6-5-18(27(26)30)14-33-22-4-2-1-3-19(22)20-9-12-32(15-23(20)33)24(34)16-31-10-7-17(8-11-31)13-25(35)36/h1-6,17H,7-16H2,(H,35,36). The lowest BCUT2D eigenvalue weighted by atomic mass is 9.93. The average molecular weight is 516 g/mol. The number of piperidine rings is 1. The van der Waals surface area contributed by atoms with Gasteiger partial charge in [-0.05, 0) is 56.0 Å². The van der Waals surface area contributed by atoms with Gasteiger partial charge in [-0.25, -0.2) is 8.78 Å². The monoisotopic (exact) mass is 515 g/mol. The second kappa shape index (κ2) is 10.2. The van der Waals surface area contributed by atoms with E-state index in [-0.39, 0.29) is 30.4 Å². The zero-order chi connectivity index (χ0) is 25.4. The van der Waals surface area contributed by atoms with Crippen molar-refractivity contribution in [3.8, 4) is 0 Å². The van der Waals surface area contributed by atoms with E-state index in [1.54, 1.807) is 0 Å². The largest absolute Gasteiger partial charge is 0.481 e. The first kappa shape index (κ1) is 24.7. The summed E-state index contributed by atoms with van der Waals surface area (Å²) in [6, 6.07) is 10.5. The third-order valence-corrected chi connectivity index (χ3v) is 7.84. The van der Waals surface area contributed by atoms with E-state index < -0.39 is 22.6 Å². The average Bonchev–Trinajstić information content (AvgIpc) is 3.18. The molecule has 2 aliphatic rings. The Labute approximate surface area is 213 Å². The molecule has 0 aliphatic carbocycles. The van der Waals surface area contributed by atoms with Crippen LogP contribution in [0.3, 0.4) is 0 Å². The summed E-state index contributed by atoms with van der Waals surface area (Å²) in [6.07, 6.45) is 2.44. The Kier molecular flexibility index (Phi) is 6.99. The molecule has 1 amide bonds. The van der Waals surface area contributed by atoms with Crippen LogP contribution >= 0.6 is 11.6 Å². The number of fused-ring (bicyclic) bond motifs is 3. The van der Waals surface area contributed by atoms with E-state index in [2.05, 4.69) is 4.90 Å². The van der Waals surface area contributed by atoms with Gasteiger partial charge in [-0.1, -0.05) is 35.9 Å². The molecule has 2 aliphatic heterocycles. The van der Waals surface area contributed by atoms with Crippen LogP contribution in [0.15, 0.2) is 36.4 Å².